The second kappa shape index (κ2) is 6.20. The minimum Gasteiger partial charge on any atom is -0.370 e. The predicted octanol–water partition coefficient (Wildman–Crippen LogP) is 1.86. The molecule has 0 radical (unpaired) electrons. The maximum absolute atomic E-state index is 5.82. The van der Waals surface area contributed by atoms with Crippen LogP contribution in [-0.2, 0) is 0 Å². The molecular weight excluding hydrogens is 250 g/mol. The van der Waals surface area contributed by atoms with Crippen molar-refractivity contribution in [2.75, 3.05) is 37.2 Å². The van der Waals surface area contributed by atoms with Crippen LogP contribution in [0.4, 0.5) is 11.8 Å². The summed E-state index contributed by atoms with van der Waals surface area (Å²) in [4.78, 5) is 10.4. The van der Waals surface area contributed by atoms with E-state index in [1.165, 1.54) is 25.9 Å². The molecule has 3 N–H and O–H groups in total. The molecule has 1 atom stereocenters. The smallest absolute Gasteiger partial charge is 0.223 e. The molecule has 1 fully saturated rings. The minimum absolute atomic E-state index is 0.206. The van der Waals surface area contributed by atoms with Gasteiger partial charge < -0.3 is 16.0 Å². The molecule has 1 unspecified atom stereocenters. The number of nitrogens with two attached hydrogens (primary N) is 1. The maximum Gasteiger partial charge on any atom is 0.223 e. The van der Waals surface area contributed by atoms with E-state index in [0.29, 0.717) is 16.9 Å². The van der Waals surface area contributed by atoms with Crippen molar-refractivity contribution in [3.05, 3.63) is 11.2 Å². The van der Waals surface area contributed by atoms with Gasteiger partial charge in [0.15, 0.2) is 0 Å². The topological polar surface area (TPSA) is 67.1 Å². The number of nitrogens with zero attached hydrogens (tertiary/aromatic N) is 3. The highest BCUT2D eigenvalue weighted by Gasteiger charge is 2.14. The fraction of sp³-hybridized carbons (Fsp3) is 0.667. The van der Waals surface area contributed by atoms with Crippen molar-refractivity contribution in [3.8, 4) is 0 Å². The third kappa shape index (κ3) is 3.99. The van der Waals surface area contributed by atoms with Crippen molar-refractivity contribution in [1.29, 1.82) is 0 Å². The lowest BCUT2D eigenvalue weighted by molar-refractivity contribution is 0.294. The van der Waals surface area contributed by atoms with E-state index < -0.39 is 0 Å². The molecule has 1 aliphatic rings. The number of nitrogens with one attached hydrogen (secondary N) is 1. The van der Waals surface area contributed by atoms with Gasteiger partial charge in [0.05, 0.1) is 0 Å². The van der Waals surface area contributed by atoms with Gasteiger partial charge in [-0.25, -0.2) is 4.98 Å². The molecule has 2 rings (SSSR count). The average molecular weight is 270 g/mol. The van der Waals surface area contributed by atoms with Crippen LogP contribution in [0.25, 0.3) is 0 Å². The van der Waals surface area contributed by atoms with E-state index in [1.54, 1.807) is 6.07 Å². The van der Waals surface area contributed by atoms with E-state index in [9.17, 15) is 0 Å². The standard InChI is InChI=1S/C12H20ClN5/c1-9(8-18-4-2-3-5-18)7-15-11-6-10(13)16-12(14)17-11/h6,9H,2-5,7-8H2,1H3,(H3,14,15,16,17). The first-order chi connectivity index (χ1) is 8.63. The summed E-state index contributed by atoms with van der Waals surface area (Å²) in [5.74, 6) is 1.47. The number of hydrogen-bond donors (Lipinski definition) is 2. The summed E-state index contributed by atoms with van der Waals surface area (Å²) in [6.07, 6.45) is 2.66. The van der Waals surface area contributed by atoms with Crippen LogP contribution in [0, 0.1) is 5.92 Å². The van der Waals surface area contributed by atoms with Gasteiger partial charge in [0.25, 0.3) is 0 Å². The molecule has 1 aliphatic heterocycles. The first-order valence-corrected chi connectivity index (χ1v) is 6.77. The Labute approximate surface area is 113 Å². The van der Waals surface area contributed by atoms with Gasteiger partial charge in [-0.3, -0.25) is 0 Å². The highest BCUT2D eigenvalue weighted by atomic mass is 35.5. The molecule has 100 valence electrons. The summed E-state index contributed by atoms with van der Waals surface area (Å²) in [5.41, 5.74) is 5.54. The van der Waals surface area contributed by atoms with E-state index in [0.717, 1.165) is 13.1 Å². The number of aromatic nitrogens is 2. The van der Waals surface area contributed by atoms with Crippen LogP contribution >= 0.6 is 11.6 Å². The highest BCUT2D eigenvalue weighted by molar-refractivity contribution is 6.29. The molecule has 2 heterocycles. The fourth-order valence-corrected chi connectivity index (χ4v) is 2.47. The normalized spacial score (nSPS) is 17.9. The van der Waals surface area contributed by atoms with E-state index in [2.05, 4.69) is 27.1 Å². The fourth-order valence-electron chi connectivity index (χ4n) is 2.28. The lowest BCUT2D eigenvalue weighted by atomic mass is 10.1. The number of anilines is 2. The van der Waals surface area contributed by atoms with Crippen molar-refractivity contribution < 1.29 is 0 Å². The Hall–Kier alpha value is -1.07. The summed E-state index contributed by atoms with van der Waals surface area (Å²) in [7, 11) is 0. The summed E-state index contributed by atoms with van der Waals surface area (Å²) >= 11 is 5.82. The van der Waals surface area contributed by atoms with Crippen molar-refractivity contribution >= 4 is 23.4 Å². The summed E-state index contributed by atoms with van der Waals surface area (Å²) in [5, 5.41) is 3.63. The third-order valence-corrected chi connectivity index (χ3v) is 3.31. The van der Waals surface area contributed by atoms with E-state index in [-0.39, 0.29) is 5.95 Å². The monoisotopic (exact) mass is 269 g/mol. The van der Waals surface area contributed by atoms with Gasteiger partial charge in [0, 0.05) is 19.2 Å². The van der Waals surface area contributed by atoms with Gasteiger partial charge in [-0.2, -0.15) is 4.98 Å². The molecule has 0 aliphatic carbocycles. The van der Waals surface area contributed by atoms with Crippen LogP contribution in [0.15, 0.2) is 6.07 Å². The highest BCUT2D eigenvalue weighted by Crippen LogP contribution is 2.14. The average Bonchev–Trinajstić information content (AvgIpc) is 2.78. The molecule has 1 aromatic rings. The van der Waals surface area contributed by atoms with Crippen LogP contribution in [0.5, 0.6) is 0 Å². The molecule has 0 aromatic carbocycles. The Balaban J connectivity index is 1.79. The summed E-state index contributed by atoms with van der Waals surface area (Å²) < 4.78 is 0. The number of halogens is 1. The lowest BCUT2D eigenvalue weighted by Gasteiger charge is -2.20. The van der Waals surface area contributed by atoms with Crippen LogP contribution in [0.1, 0.15) is 19.8 Å². The second-order valence-electron chi connectivity index (χ2n) is 4.93. The largest absolute Gasteiger partial charge is 0.370 e. The van der Waals surface area contributed by atoms with Crippen LogP contribution < -0.4 is 11.1 Å². The SMILES string of the molecule is CC(CNc1cc(Cl)nc(N)n1)CN1CCCC1. The van der Waals surface area contributed by atoms with Crippen LogP contribution in [0.3, 0.4) is 0 Å². The summed E-state index contributed by atoms with van der Waals surface area (Å²) in [6, 6.07) is 1.69. The van der Waals surface area contributed by atoms with E-state index in [1.807, 2.05) is 0 Å². The maximum atomic E-state index is 5.82. The van der Waals surface area contributed by atoms with Crippen LogP contribution in [0.2, 0.25) is 5.15 Å². The van der Waals surface area contributed by atoms with E-state index in [4.69, 9.17) is 17.3 Å². The van der Waals surface area contributed by atoms with Crippen molar-refractivity contribution in [1.82, 2.24) is 14.9 Å². The first kappa shape index (κ1) is 13.4. The number of hydrogen-bond acceptors (Lipinski definition) is 5. The zero-order chi connectivity index (χ0) is 13.0. The third-order valence-electron chi connectivity index (χ3n) is 3.11. The van der Waals surface area contributed by atoms with E-state index >= 15 is 0 Å². The Bertz CT molecular complexity index is 372. The van der Waals surface area contributed by atoms with Gasteiger partial charge in [-0.1, -0.05) is 18.5 Å². The molecule has 0 bridgehead atoms. The van der Waals surface area contributed by atoms with Crippen LogP contribution in [-0.4, -0.2) is 41.0 Å². The lowest BCUT2D eigenvalue weighted by Crippen LogP contribution is -2.29. The van der Waals surface area contributed by atoms with Gasteiger partial charge in [0.2, 0.25) is 5.95 Å². The molecule has 18 heavy (non-hydrogen) atoms. The number of rotatable bonds is 5. The Morgan fingerprint density at radius 2 is 2.17 bits per heavy atom. The molecule has 0 spiro atoms. The number of likely N-dealkylation sites (tertiary alicyclic amines) is 1. The zero-order valence-corrected chi connectivity index (χ0v) is 11.5. The Morgan fingerprint density at radius 1 is 1.44 bits per heavy atom. The molecule has 5 nitrogen and oxygen atoms in total. The molecule has 6 heteroatoms. The van der Waals surface area contributed by atoms with Gasteiger partial charge in [-0.15, -0.1) is 0 Å². The van der Waals surface area contributed by atoms with Gasteiger partial charge >= 0.3 is 0 Å². The molecule has 1 aromatic heterocycles. The van der Waals surface area contributed by atoms with Gasteiger partial charge in [0.1, 0.15) is 11.0 Å². The Morgan fingerprint density at radius 3 is 2.83 bits per heavy atom. The Kier molecular flexibility index (Phi) is 4.60. The first-order valence-electron chi connectivity index (χ1n) is 6.40. The number of nitrogen functional groups attached to an aromatic ring is 1. The van der Waals surface area contributed by atoms with Crippen molar-refractivity contribution in [3.63, 3.8) is 0 Å². The predicted molar refractivity (Wildman–Crippen MR) is 74.8 cm³/mol. The molecule has 0 saturated carbocycles. The van der Waals surface area contributed by atoms with Gasteiger partial charge in [-0.05, 0) is 31.8 Å². The van der Waals surface area contributed by atoms with Crippen molar-refractivity contribution in [2.45, 2.75) is 19.8 Å². The molecule has 0 amide bonds. The summed E-state index contributed by atoms with van der Waals surface area (Å²) in [6.45, 7) is 6.69. The molecular formula is C12H20ClN5. The molecule has 1 saturated heterocycles. The second-order valence-corrected chi connectivity index (χ2v) is 5.32. The minimum atomic E-state index is 0.206. The quantitative estimate of drug-likeness (QED) is 0.799. The van der Waals surface area contributed by atoms with Crippen molar-refractivity contribution in [2.24, 2.45) is 5.92 Å². The zero-order valence-electron chi connectivity index (χ0n) is 10.7.